The van der Waals surface area contributed by atoms with Crippen molar-refractivity contribution in [3.8, 4) is 0 Å². The van der Waals surface area contributed by atoms with E-state index in [1.54, 1.807) is 0 Å². The third-order valence-corrected chi connectivity index (χ3v) is 2.39. The van der Waals surface area contributed by atoms with Gasteiger partial charge in [0.25, 0.3) is 0 Å². The van der Waals surface area contributed by atoms with E-state index in [1.807, 2.05) is 0 Å². The minimum atomic E-state index is -5.05. The first-order valence-corrected chi connectivity index (χ1v) is 6.20. The van der Waals surface area contributed by atoms with E-state index in [9.17, 15) is 39.5 Å². The molecule has 0 saturated heterocycles. The summed E-state index contributed by atoms with van der Waals surface area (Å²) in [7, 11) is 0. The summed E-state index contributed by atoms with van der Waals surface area (Å²) in [5.74, 6) is -2.07. The zero-order chi connectivity index (χ0) is 19.5. The molecule has 0 amide bonds. The van der Waals surface area contributed by atoms with Gasteiger partial charge in [-0.15, -0.1) is 0 Å². The Bertz CT molecular complexity index is 543. The second-order valence-corrected chi connectivity index (χ2v) is 4.63. The molecular weight excluding hydrogens is 377 g/mol. The molecule has 6 nitrogen and oxygen atoms in total. The van der Waals surface area contributed by atoms with Gasteiger partial charge in [0.1, 0.15) is 32.7 Å². The van der Waals surface area contributed by atoms with Crippen LogP contribution in [0.5, 0.6) is 0 Å². The fourth-order valence-corrected chi connectivity index (χ4v) is 1.61. The van der Waals surface area contributed by atoms with E-state index in [0.29, 0.717) is 6.33 Å². The van der Waals surface area contributed by atoms with Gasteiger partial charge in [-0.25, -0.2) is 9.97 Å². The van der Waals surface area contributed by atoms with E-state index in [2.05, 4.69) is 15.0 Å². The monoisotopic (exact) mass is 387 g/mol. The van der Waals surface area contributed by atoms with Gasteiger partial charge in [0, 0.05) is 0 Å². The lowest BCUT2D eigenvalue weighted by atomic mass is 10.4. The van der Waals surface area contributed by atoms with E-state index in [0.717, 1.165) is 0 Å². The van der Waals surface area contributed by atoms with Crippen molar-refractivity contribution < 1.29 is 44.6 Å². The fourth-order valence-electron chi connectivity index (χ4n) is 1.61. The van der Waals surface area contributed by atoms with Crippen LogP contribution in [-0.4, -0.2) is 65.0 Å². The lowest BCUT2D eigenvalue weighted by molar-refractivity contribution is -0.137. The van der Waals surface area contributed by atoms with E-state index < -0.39 is 56.8 Å². The van der Waals surface area contributed by atoms with Gasteiger partial charge in [0.05, 0.1) is 0 Å². The van der Waals surface area contributed by atoms with Gasteiger partial charge in [-0.1, -0.05) is 0 Å². The Labute approximate surface area is 133 Å². The van der Waals surface area contributed by atoms with Crippen LogP contribution in [0.2, 0.25) is 0 Å². The van der Waals surface area contributed by atoms with Crippen molar-refractivity contribution in [2.24, 2.45) is 0 Å². The number of hydrogen-bond donors (Lipinski definition) is 1. The van der Waals surface area contributed by atoms with Crippen molar-refractivity contribution >= 4 is 11.9 Å². The highest BCUT2D eigenvalue weighted by Crippen LogP contribution is 2.25. The summed E-state index contributed by atoms with van der Waals surface area (Å²) in [6, 6.07) is 0. The number of aliphatic hydroxyl groups is 1. The van der Waals surface area contributed by atoms with Gasteiger partial charge < -0.3 is 14.9 Å². The first-order valence-electron chi connectivity index (χ1n) is 6.20. The number of hydrogen-bond acceptors (Lipinski definition) is 6. The largest absolute Gasteiger partial charge is 0.406 e. The maximum absolute atomic E-state index is 12.4. The summed E-state index contributed by atoms with van der Waals surface area (Å²) in [4.78, 5) is 9.32. The Hall–Kier alpha value is -2.06. The van der Waals surface area contributed by atoms with Crippen LogP contribution in [0.4, 0.5) is 51.4 Å². The Morgan fingerprint density at radius 1 is 0.720 bits per heavy atom. The van der Waals surface area contributed by atoms with Gasteiger partial charge in [-0.3, -0.25) is 0 Å². The van der Waals surface area contributed by atoms with Crippen LogP contribution in [0.25, 0.3) is 0 Å². The smallest absolute Gasteiger partial charge is 0.376 e. The first-order chi connectivity index (χ1) is 11.2. The van der Waals surface area contributed by atoms with Gasteiger partial charge in [-0.05, 0) is 0 Å². The molecule has 0 unspecified atom stereocenters. The molecule has 1 aromatic rings. The SMILES string of the molecule is OCN(CC(F)(F)F)c1ncnc(N(CC(F)(F)F)CC(F)(F)F)n1. The number of rotatable bonds is 6. The summed E-state index contributed by atoms with van der Waals surface area (Å²) in [5, 5.41) is 8.90. The zero-order valence-electron chi connectivity index (χ0n) is 12.0. The molecule has 25 heavy (non-hydrogen) atoms. The molecule has 0 fully saturated rings. The molecule has 0 aliphatic heterocycles. The van der Waals surface area contributed by atoms with Crippen LogP contribution >= 0.6 is 0 Å². The van der Waals surface area contributed by atoms with E-state index >= 15 is 0 Å². The maximum atomic E-state index is 12.4. The molecule has 0 aromatic carbocycles. The van der Waals surface area contributed by atoms with Crippen molar-refractivity contribution in [1.29, 1.82) is 0 Å². The third-order valence-electron chi connectivity index (χ3n) is 2.39. The van der Waals surface area contributed by atoms with Crippen molar-refractivity contribution in [3.05, 3.63) is 6.33 Å². The molecule has 0 saturated carbocycles. The lowest BCUT2D eigenvalue weighted by Gasteiger charge is -2.26. The van der Waals surface area contributed by atoms with Crippen molar-refractivity contribution in [1.82, 2.24) is 15.0 Å². The highest BCUT2D eigenvalue weighted by Gasteiger charge is 2.39. The highest BCUT2D eigenvalue weighted by atomic mass is 19.4. The quantitative estimate of drug-likeness (QED) is 0.596. The molecule has 1 aromatic heterocycles. The van der Waals surface area contributed by atoms with Gasteiger partial charge >= 0.3 is 18.5 Å². The standard InChI is InChI=1S/C10H10F9N5O/c11-8(12,13)1-23(2-9(14,15)16)6-20-4-21-7(22-6)24(5-25)3-10(17,18)19/h4,25H,1-3,5H2. The van der Waals surface area contributed by atoms with Crippen LogP contribution in [0.3, 0.4) is 0 Å². The number of anilines is 2. The van der Waals surface area contributed by atoms with Gasteiger partial charge in [-0.2, -0.15) is 44.5 Å². The summed E-state index contributed by atoms with van der Waals surface area (Å²) in [5.41, 5.74) is 0. The number of alkyl halides is 9. The van der Waals surface area contributed by atoms with Crippen LogP contribution in [-0.2, 0) is 0 Å². The number of aliphatic hydroxyl groups excluding tert-OH is 1. The molecule has 0 spiro atoms. The molecule has 0 radical (unpaired) electrons. The van der Waals surface area contributed by atoms with Crippen LogP contribution in [0.15, 0.2) is 6.33 Å². The number of halogens is 9. The molecule has 0 atom stereocenters. The summed E-state index contributed by atoms with van der Waals surface area (Å²) < 4.78 is 112. The zero-order valence-corrected chi connectivity index (χ0v) is 12.0. The molecule has 15 heteroatoms. The van der Waals surface area contributed by atoms with Crippen LogP contribution in [0, 0.1) is 0 Å². The summed E-state index contributed by atoms with van der Waals surface area (Å²) in [6.07, 6.45) is -14.5. The summed E-state index contributed by atoms with van der Waals surface area (Å²) >= 11 is 0. The molecule has 1 N–H and O–H groups in total. The Kier molecular flexibility index (Phi) is 6.25. The lowest BCUT2D eigenvalue weighted by Crippen LogP contribution is -2.42. The molecular formula is C10H10F9N5O. The van der Waals surface area contributed by atoms with E-state index in [1.165, 1.54) is 0 Å². The second kappa shape index (κ2) is 7.45. The first kappa shape index (κ1) is 21.0. The third kappa shape index (κ3) is 8.04. The number of aromatic nitrogens is 3. The van der Waals surface area contributed by atoms with Crippen LogP contribution < -0.4 is 9.80 Å². The van der Waals surface area contributed by atoms with Crippen LogP contribution in [0.1, 0.15) is 0 Å². The minimum Gasteiger partial charge on any atom is -0.376 e. The fraction of sp³-hybridized carbons (Fsp3) is 0.700. The molecule has 0 aliphatic carbocycles. The average molecular weight is 387 g/mol. The highest BCUT2D eigenvalue weighted by molar-refractivity contribution is 5.38. The predicted octanol–water partition coefficient (Wildman–Crippen LogP) is 2.12. The van der Waals surface area contributed by atoms with Crippen molar-refractivity contribution in [2.75, 3.05) is 36.2 Å². The maximum Gasteiger partial charge on any atom is 0.406 e. The Balaban J connectivity index is 3.15. The molecule has 1 rings (SSSR count). The molecule has 1 heterocycles. The second-order valence-electron chi connectivity index (χ2n) is 4.63. The molecule has 0 aliphatic rings. The predicted molar refractivity (Wildman–Crippen MR) is 64.6 cm³/mol. The Morgan fingerprint density at radius 2 is 1.08 bits per heavy atom. The average Bonchev–Trinajstić information content (AvgIpc) is 2.40. The minimum absolute atomic E-state index is 0.102. The summed E-state index contributed by atoms with van der Waals surface area (Å²) in [6.45, 7) is -7.23. The van der Waals surface area contributed by atoms with Crippen molar-refractivity contribution in [3.63, 3.8) is 0 Å². The van der Waals surface area contributed by atoms with Gasteiger partial charge in [0.2, 0.25) is 11.9 Å². The van der Waals surface area contributed by atoms with Gasteiger partial charge in [0.15, 0.2) is 0 Å². The normalized spacial score (nSPS) is 13.0. The van der Waals surface area contributed by atoms with E-state index in [-0.39, 0.29) is 9.80 Å². The Morgan fingerprint density at radius 3 is 1.44 bits per heavy atom. The molecule has 0 bridgehead atoms. The molecule has 144 valence electrons. The number of nitrogens with zero attached hydrogens (tertiary/aromatic N) is 5. The van der Waals surface area contributed by atoms with E-state index in [4.69, 9.17) is 5.11 Å². The topological polar surface area (TPSA) is 65.4 Å². The van der Waals surface area contributed by atoms with Crippen molar-refractivity contribution in [2.45, 2.75) is 18.5 Å².